The second-order valence-electron chi connectivity index (χ2n) is 4.96. The molecule has 19 heavy (non-hydrogen) atoms. The minimum absolute atomic E-state index is 0.173. The first-order valence-electron chi connectivity index (χ1n) is 6.88. The van der Waals surface area contributed by atoms with Crippen LogP contribution in [-0.2, 0) is 4.79 Å². The number of aryl methyl sites for hydroxylation is 1. The molecule has 0 aromatic heterocycles. The first-order valence-corrected chi connectivity index (χ1v) is 6.88. The third kappa shape index (κ3) is 3.57. The molecule has 0 unspecified atom stereocenters. The first-order chi connectivity index (χ1) is 9.09. The van der Waals surface area contributed by atoms with Gasteiger partial charge >= 0.3 is 0 Å². The monoisotopic (exact) mass is 258 g/mol. The molecule has 3 nitrogen and oxygen atoms in total. The van der Waals surface area contributed by atoms with Crippen LogP contribution in [0.4, 0.5) is 5.69 Å². The predicted octanol–water partition coefficient (Wildman–Crippen LogP) is 4.04. The Labute approximate surface area is 115 Å². The molecule has 0 aliphatic carbocycles. The van der Waals surface area contributed by atoms with Crippen LogP contribution in [0.2, 0.25) is 0 Å². The zero-order valence-electron chi connectivity index (χ0n) is 12.0. The SMILES string of the molecule is CCCC(C#N)(CCC)C(=O)Nc1ccccc1C. The highest BCUT2D eigenvalue weighted by Crippen LogP contribution is 2.31. The number of carbonyl (C=O) groups excluding carboxylic acids is 1. The molecule has 1 N–H and O–H groups in total. The van der Waals surface area contributed by atoms with Crippen LogP contribution < -0.4 is 5.32 Å². The molecule has 0 saturated carbocycles. The van der Waals surface area contributed by atoms with Crippen molar-refractivity contribution in [3.8, 4) is 6.07 Å². The number of benzene rings is 1. The van der Waals surface area contributed by atoms with E-state index in [0.29, 0.717) is 12.8 Å². The van der Waals surface area contributed by atoms with Crippen molar-refractivity contribution in [2.24, 2.45) is 5.41 Å². The molecular formula is C16H22N2O. The third-order valence-corrected chi connectivity index (χ3v) is 3.40. The molecule has 1 amide bonds. The number of nitriles is 1. The number of nitrogens with one attached hydrogen (secondary N) is 1. The summed E-state index contributed by atoms with van der Waals surface area (Å²) in [6.07, 6.45) is 2.87. The third-order valence-electron chi connectivity index (χ3n) is 3.40. The van der Waals surface area contributed by atoms with Gasteiger partial charge in [-0.15, -0.1) is 0 Å². The number of rotatable bonds is 6. The molecule has 0 fully saturated rings. The van der Waals surface area contributed by atoms with Gasteiger partial charge in [-0.25, -0.2) is 0 Å². The molecular weight excluding hydrogens is 236 g/mol. The highest BCUT2D eigenvalue weighted by atomic mass is 16.2. The summed E-state index contributed by atoms with van der Waals surface area (Å²) in [4.78, 5) is 12.5. The van der Waals surface area contributed by atoms with Gasteiger partial charge in [-0.05, 0) is 31.4 Å². The largest absolute Gasteiger partial charge is 0.324 e. The van der Waals surface area contributed by atoms with Crippen LogP contribution in [0.25, 0.3) is 0 Å². The average molecular weight is 258 g/mol. The molecule has 0 spiro atoms. The molecule has 102 valence electrons. The van der Waals surface area contributed by atoms with Gasteiger partial charge in [0.2, 0.25) is 5.91 Å². The summed E-state index contributed by atoms with van der Waals surface area (Å²) >= 11 is 0. The second kappa shape index (κ2) is 6.94. The van der Waals surface area contributed by atoms with Crippen molar-refractivity contribution in [3.05, 3.63) is 29.8 Å². The normalized spacial score (nSPS) is 10.8. The van der Waals surface area contributed by atoms with Gasteiger partial charge in [0.1, 0.15) is 5.41 Å². The van der Waals surface area contributed by atoms with Gasteiger partial charge in [0.15, 0.2) is 0 Å². The van der Waals surface area contributed by atoms with E-state index in [4.69, 9.17) is 0 Å². The zero-order valence-corrected chi connectivity index (χ0v) is 12.0. The standard InChI is InChI=1S/C16H22N2O/c1-4-10-16(12-17,11-5-2)15(19)18-14-9-7-6-8-13(14)3/h6-9H,4-5,10-11H2,1-3H3,(H,18,19). The van der Waals surface area contributed by atoms with Crippen molar-refractivity contribution in [2.45, 2.75) is 46.5 Å². The number of para-hydroxylation sites is 1. The fraction of sp³-hybridized carbons (Fsp3) is 0.500. The lowest BCUT2D eigenvalue weighted by Crippen LogP contribution is -2.35. The number of carbonyl (C=O) groups is 1. The van der Waals surface area contributed by atoms with Gasteiger partial charge in [-0.3, -0.25) is 4.79 Å². The Hall–Kier alpha value is -1.82. The fourth-order valence-corrected chi connectivity index (χ4v) is 2.32. The predicted molar refractivity (Wildman–Crippen MR) is 77.7 cm³/mol. The van der Waals surface area contributed by atoms with Crippen LogP contribution in [0.15, 0.2) is 24.3 Å². The summed E-state index contributed by atoms with van der Waals surface area (Å²) in [5.41, 5.74) is 0.904. The Bertz CT molecular complexity index is 468. The quantitative estimate of drug-likeness (QED) is 0.837. The maximum atomic E-state index is 12.5. The summed E-state index contributed by atoms with van der Waals surface area (Å²) in [5, 5.41) is 12.4. The summed E-state index contributed by atoms with van der Waals surface area (Å²) in [5.74, 6) is -0.173. The maximum absolute atomic E-state index is 12.5. The Balaban J connectivity index is 2.95. The average Bonchev–Trinajstić information content (AvgIpc) is 2.41. The Morgan fingerprint density at radius 2 is 1.84 bits per heavy atom. The fourth-order valence-electron chi connectivity index (χ4n) is 2.32. The van der Waals surface area contributed by atoms with E-state index in [9.17, 15) is 10.1 Å². The Morgan fingerprint density at radius 3 is 2.32 bits per heavy atom. The van der Waals surface area contributed by atoms with E-state index in [2.05, 4.69) is 11.4 Å². The number of hydrogen-bond acceptors (Lipinski definition) is 2. The van der Waals surface area contributed by atoms with Crippen LogP contribution in [0.5, 0.6) is 0 Å². The topological polar surface area (TPSA) is 52.9 Å². The lowest BCUT2D eigenvalue weighted by atomic mass is 9.79. The van der Waals surface area contributed by atoms with E-state index in [1.54, 1.807) is 0 Å². The molecule has 0 saturated heterocycles. The van der Waals surface area contributed by atoms with E-state index in [-0.39, 0.29) is 5.91 Å². The van der Waals surface area contributed by atoms with Crippen molar-refractivity contribution < 1.29 is 4.79 Å². The van der Waals surface area contributed by atoms with E-state index >= 15 is 0 Å². The number of nitrogens with zero attached hydrogens (tertiary/aromatic N) is 1. The van der Waals surface area contributed by atoms with Gasteiger partial charge in [0.25, 0.3) is 0 Å². The maximum Gasteiger partial charge on any atom is 0.244 e. The lowest BCUT2D eigenvalue weighted by Gasteiger charge is -2.25. The van der Waals surface area contributed by atoms with Crippen LogP contribution in [-0.4, -0.2) is 5.91 Å². The number of hydrogen-bond donors (Lipinski definition) is 1. The zero-order chi connectivity index (χ0) is 14.3. The van der Waals surface area contributed by atoms with Crippen molar-refractivity contribution in [1.29, 1.82) is 5.26 Å². The number of anilines is 1. The van der Waals surface area contributed by atoms with E-state index in [1.165, 1.54) is 0 Å². The van der Waals surface area contributed by atoms with Gasteiger partial charge in [-0.1, -0.05) is 44.9 Å². The Kier molecular flexibility index (Phi) is 5.57. The van der Waals surface area contributed by atoms with Gasteiger partial charge in [-0.2, -0.15) is 5.26 Å². The molecule has 0 heterocycles. The van der Waals surface area contributed by atoms with E-state index < -0.39 is 5.41 Å². The lowest BCUT2D eigenvalue weighted by molar-refractivity contribution is -0.123. The van der Waals surface area contributed by atoms with Crippen LogP contribution >= 0.6 is 0 Å². The minimum Gasteiger partial charge on any atom is -0.324 e. The van der Waals surface area contributed by atoms with Gasteiger partial charge in [0, 0.05) is 5.69 Å². The first kappa shape index (κ1) is 15.2. The van der Waals surface area contributed by atoms with Gasteiger partial charge in [0.05, 0.1) is 6.07 Å². The van der Waals surface area contributed by atoms with Crippen LogP contribution in [0.3, 0.4) is 0 Å². The van der Waals surface area contributed by atoms with E-state index in [1.807, 2.05) is 45.0 Å². The molecule has 1 aromatic carbocycles. The van der Waals surface area contributed by atoms with Crippen LogP contribution in [0.1, 0.15) is 45.1 Å². The molecule has 0 bridgehead atoms. The smallest absolute Gasteiger partial charge is 0.244 e. The molecule has 1 rings (SSSR count). The molecule has 3 heteroatoms. The summed E-state index contributed by atoms with van der Waals surface area (Å²) in [6.45, 7) is 5.95. The van der Waals surface area contributed by atoms with Crippen molar-refractivity contribution >= 4 is 11.6 Å². The number of amides is 1. The van der Waals surface area contributed by atoms with Crippen molar-refractivity contribution in [1.82, 2.24) is 0 Å². The molecule has 1 aromatic rings. The Morgan fingerprint density at radius 1 is 1.26 bits per heavy atom. The summed E-state index contributed by atoms with van der Waals surface area (Å²) in [6, 6.07) is 9.88. The minimum atomic E-state index is -0.897. The summed E-state index contributed by atoms with van der Waals surface area (Å²) < 4.78 is 0. The van der Waals surface area contributed by atoms with Crippen molar-refractivity contribution in [2.75, 3.05) is 5.32 Å². The van der Waals surface area contributed by atoms with Gasteiger partial charge < -0.3 is 5.32 Å². The highest BCUT2D eigenvalue weighted by Gasteiger charge is 2.37. The molecule has 0 radical (unpaired) electrons. The highest BCUT2D eigenvalue weighted by molar-refractivity contribution is 5.97. The summed E-state index contributed by atoms with van der Waals surface area (Å²) in [7, 11) is 0. The molecule has 0 aliphatic rings. The van der Waals surface area contributed by atoms with Crippen LogP contribution in [0, 0.1) is 23.7 Å². The second-order valence-corrected chi connectivity index (χ2v) is 4.96. The molecule has 0 aliphatic heterocycles. The van der Waals surface area contributed by atoms with E-state index in [0.717, 1.165) is 24.1 Å². The van der Waals surface area contributed by atoms with Crippen molar-refractivity contribution in [3.63, 3.8) is 0 Å². The molecule has 0 atom stereocenters.